The lowest BCUT2D eigenvalue weighted by atomic mass is 10.2. The van der Waals surface area contributed by atoms with Gasteiger partial charge in [0.25, 0.3) is 16.4 Å². The van der Waals surface area contributed by atoms with Crippen LogP contribution in [0.5, 0.6) is 0 Å². The number of amides is 1. The first-order valence-electron chi connectivity index (χ1n) is 9.60. The van der Waals surface area contributed by atoms with Crippen LogP contribution in [-0.4, -0.2) is 34.3 Å². The van der Waals surface area contributed by atoms with Crippen molar-refractivity contribution in [1.82, 2.24) is 20.0 Å². The molecule has 1 aromatic carbocycles. The van der Waals surface area contributed by atoms with Crippen LogP contribution in [0.15, 0.2) is 41.3 Å². The van der Waals surface area contributed by atoms with Gasteiger partial charge in [-0.2, -0.15) is 5.10 Å². The fraction of sp³-hybridized carbons (Fsp3) is 0.263. The number of nitrogens with one attached hydrogen (secondary N) is 2. The summed E-state index contributed by atoms with van der Waals surface area (Å²) in [5.74, 6) is -0.529. The highest BCUT2D eigenvalue weighted by molar-refractivity contribution is 7.92. The molecule has 3 aromatic rings. The van der Waals surface area contributed by atoms with Crippen molar-refractivity contribution in [1.29, 1.82) is 0 Å². The first kappa shape index (κ1) is 23.3. The molecule has 0 bridgehead atoms. The van der Waals surface area contributed by atoms with E-state index in [1.165, 1.54) is 41.1 Å². The molecule has 1 aliphatic rings. The molecule has 2 N–H and O–H groups in total. The van der Waals surface area contributed by atoms with Gasteiger partial charge in [-0.15, -0.1) is 10.2 Å². The van der Waals surface area contributed by atoms with Gasteiger partial charge in [-0.3, -0.25) is 14.2 Å². The summed E-state index contributed by atoms with van der Waals surface area (Å²) in [6, 6.07) is 8.10. The number of carbonyl (C=O) groups excluding carboxylic acids is 1. The molecule has 4 rings (SSSR count). The summed E-state index contributed by atoms with van der Waals surface area (Å²) in [7, 11) is -3.95. The van der Waals surface area contributed by atoms with Crippen LogP contribution in [0.25, 0.3) is 0 Å². The number of rotatable bonds is 8. The number of hydrogen-bond acceptors (Lipinski definition) is 6. The topological polar surface area (TPSA) is 119 Å². The number of anilines is 2. The van der Waals surface area contributed by atoms with E-state index in [4.69, 9.17) is 23.2 Å². The minimum Gasteiger partial charge on any atom is -0.324 e. The minimum absolute atomic E-state index is 0.00706. The third-order valence-corrected chi connectivity index (χ3v) is 6.70. The Morgan fingerprint density at radius 1 is 1.12 bits per heavy atom. The predicted octanol–water partition coefficient (Wildman–Crippen LogP) is 4.23. The maximum atomic E-state index is 13.2. The van der Waals surface area contributed by atoms with Crippen molar-refractivity contribution < 1.29 is 22.0 Å². The van der Waals surface area contributed by atoms with Crippen LogP contribution in [0.1, 0.15) is 36.6 Å². The fourth-order valence-electron chi connectivity index (χ4n) is 3.10. The van der Waals surface area contributed by atoms with Crippen LogP contribution in [0.4, 0.5) is 20.3 Å². The molecule has 0 unspecified atom stereocenters. The van der Waals surface area contributed by atoms with E-state index in [-0.39, 0.29) is 33.4 Å². The van der Waals surface area contributed by atoms with Crippen molar-refractivity contribution in [2.75, 3.05) is 10.0 Å². The first-order chi connectivity index (χ1) is 15.6. The van der Waals surface area contributed by atoms with Gasteiger partial charge in [0.15, 0.2) is 11.0 Å². The van der Waals surface area contributed by atoms with Crippen molar-refractivity contribution in [3.05, 3.63) is 58.0 Å². The SMILES string of the molecule is O=C(Cn1nc(C(F)F)c(Cl)c1C1CC1)Nc1ccc(S(=O)(=O)Nc2ccc(Cl)nn2)cc1. The summed E-state index contributed by atoms with van der Waals surface area (Å²) in [5, 5.41) is 13.6. The molecule has 174 valence electrons. The number of benzene rings is 1. The Balaban J connectivity index is 1.43. The molecule has 1 saturated carbocycles. The molecule has 0 radical (unpaired) electrons. The monoisotopic (exact) mass is 516 g/mol. The molecule has 1 fully saturated rings. The van der Waals surface area contributed by atoms with E-state index in [9.17, 15) is 22.0 Å². The van der Waals surface area contributed by atoms with E-state index in [2.05, 4.69) is 25.3 Å². The number of sulfonamides is 1. The van der Waals surface area contributed by atoms with E-state index in [0.717, 1.165) is 12.8 Å². The summed E-state index contributed by atoms with van der Waals surface area (Å²) < 4.78 is 54.7. The molecule has 33 heavy (non-hydrogen) atoms. The van der Waals surface area contributed by atoms with Gasteiger partial charge < -0.3 is 5.32 Å². The summed E-state index contributed by atoms with van der Waals surface area (Å²) in [5.41, 5.74) is 0.198. The second-order valence-corrected chi connectivity index (χ2v) is 9.68. The average Bonchev–Trinajstić information content (AvgIpc) is 3.53. The summed E-state index contributed by atoms with van der Waals surface area (Å²) in [6.07, 6.45) is -1.26. The Bertz CT molecular complexity index is 1280. The Morgan fingerprint density at radius 2 is 1.82 bits per heavy atom. The fourth-order valence-corrected chi connectivity index (χ4v) is 4.57. The summed E-state index contributed by atoms with van der Waals surface area (Å²) in [4.78, 5) is 12.4. The van der Waals surface area contributed by atoms with Crippen LogP contribution in [0, 0.1) is 0 Å². The van der Waals surface area contributed by atoms with Gasteiger partial charge >= 0.3 is 0 Å². The smallest absolute Gasteiger partial charge is 0.283 e. The van der Waals surface area contributed by atoms with E-state index in [1.807, 2.05) is 0 Å². The molecular weight excluding hydrogens is 501 g/mol. The van der Waals surface area contributed by atoms with Gasteiger partial charge in [0.2, 0.25) is 5.91 Å². The predicted molar refractivity (Wildman–Crippen MR) is 117 cm³/mol. The first-order valence-corrected chi connectivity index (χ1v) is 11.8. The van der Waals surface area contributed by atoms with Crippen molar-refractivity contribution >= 4 is 50.6 Å². The number of carbonyl (C=O) groups is 1. The zero-order chi connectivity index (χ0) is 23.8. The normalized spacial score (nSPS) is 13.8. The van der Waals surface area contributed by atoms with Gasteiger partial charge in [0, 0.05) is 11.6 Å². The lowest BCUT2D eigenvalue weighted by Crippen LogP contribution is -2.21. The standard InChI is InChI=1S/C19H16Cl2F2N6O3S/c20-13-7-8-14(26-25-13)28-33(31,32)12-5-3-11(4-6-12)24-15(30)9-29-18(10-1-2-10)16(21)17(27-29)19(22)23/h3-8,10,19H,1-2,9H2,(H,24,30)(H,26,28). The van der Waals surface area contributed by atoms with Crippen molar-refractivity contribution in [3.63, 3.8) is 0 Å². The van der Waals surface area contributed by atoms with Crippen LogP contribution in [0.3, 0.4) is 0 Å². The van der Waals surface area contributed by atoms with E-state index in [1.54, 1.807) is 0 Å². The number of halogens is 4. The van der Waals surface area contributed by atoms with E-state index in [0.29, 0.717) is 11.4 Å². The Labute approximate surface area is 197 Å². The second kappa shape index (κ2) is 9.20. The molecule has 1 aliphatic carbocycles. The van der Waals surface area contributed by atoms with Crippen LogP contribution in [0.2, 0.25) is 10.2 Å². The molecule has 14 heteroatoms. The molecule has 0 saturated heterocycles. The highest BCUT2D eigenvalue weighted by Gasteiger charge is 2.34. The zero-order valence-corrected chi connectivity index (χ0v) is 19.0. The quantitative estimate of drug-likeness (QED) is 0.462. The van der Waals surface area contributed by atoms with Gasteiger partial charge in [-0.1, -0.05) is 23.2 Å². The number of nitrogens with zero attached hydrogens (tertiary/aromatic N) is 4. The number of aromatic nitrogens is 4. The minimum atomic E-state index is -3.95. The third kappa shape index (κ3) is 5.40. The molecule has 2 aromatic heterocycles. The van der Waals surface area contributed by atoms with Gasteiger partial charge in [0.1, 0.15) is 12.2 Å². The van der Waals surface area contributed by atoms with Crippen LogP contribution < -0.4 is 10.0 Å². The molecule has 1 amide bonds. The van der Waals surface area contributed by atoms with E-state index >= 15 is 0 Å². The Morgan fingerprint density at radius 3 is 2.39 bits per heavy atom. The molecule has 0 atom stereocenters. The molecule has 0 aliphatic heterocycles. The Kier molecular flexibility index (Phi) is 6.50. The number of alkyl halides is 2. The van der Waals surface area contributed by atoms with Crippen LogP contribution in [-0.2, 0) is 21.4 Å². The van der Waals surface area contributed by atoms with Gasteiger partial charge in [-0.05, 0) is 49.2 Å². The van der Waals surface area contributed by atoms with Gasteiger partial charge in [-0.25, -0.2) is 17.2 Å². The average molecular weight is 517 g/mol. The zero-order valence-electron chi connectivity index (χ0n) is 16.7. The number of hydrogen-bond donors (Lipinski definition) is 2. The van der Waals surface area contributed by atoms with Gasteiger partial charge in [0.05, 0.1) is 15.6 Å². The molecule has 2 heterocycles. The summed E-state index contributed by atoms with van der Waals surface area (Å²) >= 11 is 11.7. The Hall–Kier alpha value is -2.83. The van der Waals surface area contributed by atoms with Crippen molar-refractivity contribution in [2.45, 2.75) is 36.6 Å². The lowest BCUT2D eigenvalue weighted by molar-refractivity contribution is -0.117. The maximum absolute atomic E-state index is 13.2. The van der Waals surface area contributed by atoms with E-state index < -0.39 is 28.0 Å². The highest BCUT2D eigenvalue weighted by atomic mass is 35.5. The summed E-state index contributed by atoms with van der Waals surface area (Å²) in [6.45, 7) is -0.310. The molecule has 0 spiro atoms. The highest BCUT2D eigenvalue weighted by Crippen LogP contribution is 2.45. The second-order valence-electron chi connectivity index (χ2n) is 7.24. The maximum Gasteiger partial charge on any atom is 0.283 e. The van der Waals surface area contributed by atoms with Crippen molar-refractivity contribution in [3.8, 4) is 0 Å². The van der Waals surface area contributed by atoms with Crippen LogP contribution >= 0.6 is 23.2 Å². The lowest BCUT2D eigenvalue weighted by Gasteiger charge is -2.10. The molecule has 9 nitrogen and oxygen atoms in total. The van der Waals surface area contributed by atoms with Crippen molar-refractivity contribution in [2.24, 2.45) is 0 Å². The largest absolute Gasteiger partial charge is 0.324 e. The molecular formula is C19H16Cl2F2N6O3S. The third-order valence-electron chi connectivity index (χ3n) is 4.74.